The van der Waals surface area contributed by atoms with E-state index in [1.165, 1.54) is 6.26 Å². The lowest BCUT2D eigenvalue weighted by molar-refractivity contribution is -0.131. The second kappa shape index (κ2) is 14.9. The predicted octanol–water partition coefficient (Wildman–Crippen LogP) is 2.77. The fraction of sp³-hybridized carbons (Fsp3) is 0.412. The highest BCUT2D eigenvalue weighted by Crippen LogP contribution is 2.24. The van der Waals surface area contributed by atoms with Crippen LogP contribution in [0.25, 0.3) is 0 Å². The zero-order valence-electron chi connectivity index (χ0n) is 26.8. The molecule has 1 saturated heterocycles. The summed E-state index contributed by atoms with van der Waals surface area (Å²) >= 11 is 0. The molecule has 0 unspecified atom stereocenters. The summed E-state index contributed by atoms with van der Waals surface area (Å²) in [6.07, 6.45) is 2.89. The van der Waals surface area contributed by atoms with Crippen LogP contribution < -0.4 is 31.5 Å². The second-order valence-electron chi connectivity index (χ2n) is 12.2. The summed E-state index contributed by atoms with van der Waals surface area (Å²) in [6, 6.07) is 11.7. The molecule has 1 fully saturated rings. The number of rotatable bonds is 6. The molecule has 3 atom stereocenters. The van der Waals surface area contributed by atoms with Crippen LogP contribution in [0.5, 0.6) is 0 Å². The molecule has 0 spiro atoms. The quantitative estimate of drug-likeness (QED) is 0.275. The maximum absolute atomic E-state index is 13.8. The number of hydrogen-bond donors (Lipinski definition) is 5. The van der Waals surface area contributed by atoms with E-state index in [2.05, 4.69) is 31.6 Å². The van der Waals surface area contributed by atoms with Gasteiger partial charge in [0.2, 0.25) is 17.7 Å². The molecule has 2 bridgehead atoms. The van der Waals surface area contributed by atoms with Crippen molar-refractivity contribution in [1.82, 2.24) is 31.6 Å². The van der Waals surface area contributed by atoms with Gasteiger partial charge >= 0.3 is 6.03 Å². The molecule has 0 aliphatic carbocycles. The number of aromatic nitrogens is 1. The van der Waals surface area contributed by atoms with E-state index < -0.39 is 41.8 Å². The molecule has 6 amide bonds. The molecular weight excluding hydrogens is 602 g/mol. The Hall–Kier alpha value is -5.20. The Morgan fingerprint density at radius 2 is 1.79 bits per heavy atom. The minimum Gasteiger partial charge on any atom is -0.446 e. The number of oxazole rings is 1. The van der Waals surface area contributed by atoms with Gasteiger partial charge in [0, 0.05) is 37.3 Å². The highest BCUT2D eigenvalue weighted by Gasteiger charge is 2.32. The van der Waals surface area contributed by atoms with Crippen LogP contribution in [0, 0.1) is 12.8 Å². The minimum absolute atomic E-state index is 0.0992. The van der Waals surface area contributed by atoms with Crippen LogP contribution >= 0.6 is 0 Å². The Morgan fingerprint density at radius 3 is 2.51 bits per heavy atom. The van der Waals surface area contributed by atoms with Crippen molar-refractivity contribution < 1.29 is 28.4 Å². The Kier molecular flexibility index (Phi) is 10.5. The van der Waals surface area contributed by atoms with Crippen molar-refractivity contribution >= 4 is 35.3 Å². The lowest BCUT2D eigenvalue weighted by atomic mass is 10.00. The highest BCUT2D eigenvalue weighted by atomic mass is 16.3. The Balaban J connectivity index is 1.38. The molecule has 5 N–H and O–H groups in total. The molecule has 3 heterocycles. The van der Waals surface area contributed by atoms with Gasteiger partial charge in [-0.05, 0) is 55.4 Å². The van der Waals surface area contributed by atoms with Gasteiger partial charge in [0.1, 0.15) is 24.4 Å². The van der Waals surface area contributed by atoms with Gasteiger partial charge in [-0.2, -0.15) is 0 Å². The predicted molar refractivity (Wildman–Crippen MR) is 174 cm³/mol. The van der Waals surface area contributed by atoms with Crippen molar-refractivity contribution in [3.63, 3.8) is 0 Å². The molecule has 248 valence electrons. The zero-order chi connectivity index (χ0) is 33.5. The smallest absolute Gasteiger partial charge is 0.322 e. The fourth-order valence-electron chi connectivity index (χ4n) is 5.67. The fourth-order valence-corrected chi connectivity index (χ4v) is 5.67. The van der Waals surface area contributed by atoms with E-state index in [4.69, 9.17) is 4.42 Å². The second-order valence-corrected chi connectivity index (χ2v) is 12.2. The van der Waals surface area contributed by atoms with Crippen molar-refractivity contribution in [3.8, 4) is 0 Å². The van der Waals surface area contributed by atoms with Crippen LogP contribution in [0.2, 0.25) is 0 Å². The molecule has 0 saturated carbocycles. The first-order valence-corrected chi connectivity index (χ1v) is 16.0. The standard InChI is InChI=1S/C34H41N7O6/c1-20(2)28-32(45)38-25(17-22-9-5-4-6-10-22)33-39-26(19-47-33)30(43)35-14-8-7-11-24(31(44)40-28)37-29(42)23-13-12-21(3)27(18-23)41-16-15-36-34(41)46/h4-6,9-10,12-13,18-20,24-25,28H,7-8,11,14-17H2,1-3H3,(H,35,43)(H,36,46)(H,37,42)(H,38,45)(H,40,44)/t24-,25+,28-/m0/s1. The van der Waals surface area contributed by atoms with E-state index >= 15 is 0 Å². The Bertz CT molecular complexity index is 1620. The van der Waals surface area contributed by atoms with Gasteiger partial charge < -0.3 is 31.0 Å². The summed E-state index contributed by atoms with van der Waals surface area (Å²) in [5.41, 5.74) is 2.75. The summed E-state index contributed by atoms with van der Waals surface area (Å²) in [4.78, 5) is 72.1. The highest BCUT2D eigenvalue weighted by molar-refractivity contribution is 6.01. The van der Waals surface area contributed by atoms with Gasteiger partial charge in [0.05, 0.1) is 0 Å². The average molecular weight is 644 g/mol. The van der Waals surface area contributed by atoms with Crippen molar-refractivity contribution in [2.24, 2.45) is 5.92 Å². The normalized spacial score (nSPS) is 21.1. The summed E-state index contributed by atoms with van der Waals surface area (Å²) < 4.78 is 5.67. The van der Waals surface area contributed by atoms with Crippen molar-refractivity contribution in [1.29, 1.82) is 0 Å². The monoisotopic (exact) mass is 643 g/mol. The van der Waals surface area contributed by atoms with Crippen LogP contribution in [0.4, 0.5) is 10.5 Å². The number of nitrogens with one attached hydrogen (secondary N) is 5. The van der Waals surface area contributed by atoms with Gasteiger partial charge in [0.15, 0.2) is 5.69 Å². The first-order valence-electron chi connectivity index (χ1n) is 16.0. The first-order chi connectivity index (χ1) is 22.6. The van der Waals surface area contributed by atoms with Gasteiger partial charge in [-0.15, -0.1) is 0 Å². The van der Waals surface area contributed by atoms with Crippen molar-refractivity contribution in [2.45, 2.75) is 64.6 Å². The topological polar surface area (TPSA) is 175 Å². The third-order valence-corrected chi connectivity index (χ3v) is 8.34. The molecule has 13 nitrogen and oxygen atoms in total. The van der Waals surface area contributed by atoms with E-state index in [9.17, 15) is 24.0 Å². The SMILES string of the molecule is Cc1ccc(C(=O)N[C@H]2CCCCNC(=O)c3coc(n3)[C@@H](Cc3ccccc3)NC(=O)[C@H](C(C)C)NC2=O)cc1N1CCNC1=O. The Morgan fingerprint density at radius 1 is 1.00 bits per heavy atom. The van der Waals surface area contributed by atoms with E-state index in [-0.39, 0.29) is 30.0 Å². The molecule has 2 aliphatic heterocycles. The number of benzene rings is 2. The molecule has 3 aromatic rings. The third kappa shape index (κ3) is 8.15. The van der Waals surface area contributed by atoms with Gasteiger partial charge in [0.25, 0.3) is 11.8 Å². The number of hydrogen-bond acceptors (Lipinski definition) is 7. The molecule has 1 aromatic heterocycles. The summed E-state index contributed by atoms with van der Waals surface area (Å²) in [5, 5.41) is 14.3. The van der Waals surface area contributed by atoms with E-state index in [1.807, 2.05) is 51.1 Å². The third-order valence-electron chi connectivity index (χ3n) is 8.34. The average Bonchev–Trinajstić information content (AvgIpc) is 3.72. The molecule has 2 aliphatic rings. The lowest BCUT2D eigenvalue weighted by Crippen LogP contribution is -2.56. The van der Waals surface area contributed by atoms with Crippen molar-refractivity contribution in [2.75, 3.05) is 24.5 Å². The Labute approximate surface area is 273 Å². The molecule has 47 heavy (non-hydrogen) atoms. The number of amides is 6. The molecule has 13 heteroatoms. The van der Waals surface area contributed by atoms with Crippen LogP contribution in [0.15, 0.2) is 59.2 Å². The van der Waals surface area contributed by atoms with E-state index in [0.29, 0.717) is 50.1 Å². The summed E-state index contributed by atoms with van der Waals surface area (Å²) in [7, 11) is 0. The van der Waals surface area contributed by atoms with Crippen LogP contribution in [-0.4, -0.2) is 66.4 Å². The molecule has 5 rings (SSSR count). The van der Waals surface area contributed by atoms with Gasteiger partial charge in [-0.25, -0.2) is 9.78 Å². The number of carbonyl (C=O) groups is 5. The minimum atomic E-state index is -0.966. The largest absolute Gasteiger partial charge is 0.446 e. The van der Waals surface area contributed by atoms with Crippen LogP contribution in [0.3, 0.4) is 0 Å². The summed E-state index contributed by atoms with van der Waals surface area (Å²) in [6.45, 7) is 6.80. The molecular formula is C34H41N7O6. The molecule has 0 radical (unpaired) electrons. The van der Waals surface area contributed by atoms with Crippen LogP contribution in [-0.2, 0) is 16.0 Å². The number of aryl methyl sites for hydroxylation is 1. The van der Waals surface area contributed by atoms with Gasteiger partial charge in [-0.1, -0.05) is 50.2 Å². The lowest BCUT2D eigenvalue weighted by Gasteiger charge is -2.27. The summed E-state index contributed by atoms with van der Waals surface area (Å²) in [5.74, 6) is -2.00. The number of fused-ring (bicyclic) bond motifs is 2. The first kappa shape index (κ1) is 33.2. The maximum atomic E-state index is 13.8. The number of carbonyl (C=O) groups excluding carboxylic acids is 5. The van der Waals surface area contributed by atoms with Crippen LogP contribution in [0.1, 0.15) is 77.0 Å². The van der Waals surface area contributed by atoms with Gasteiger partial charge in [-0.3, -0.25) is 24.1 Å². The van der Waals surface area contributed by atoms with Crippen molar-refractivity contribution in [3.05, 3.63) is 83.1 Å². The van der Waals surface area contributed by atoms with E-state index in [1.54, 1.807) is 23.1 Å². The number of anilines is 1. The zero-order valence-corrected chi connectivity index (χ0v) is 26.8. The van der Waals surface area contributed by atoms with E-state index in [0.717, 1.165) is 11.1 Å². The maximum Gasteiger partial charge on any atom is 0.322 e. The number of urea groups is 1. The number of nitrogens with zero attached hydrogens (tertiary/aromatic N) is 2. The molecule has 2 aromatic carbocycles.